The second kappa shape index (κ2) is 7.84. The van der Waals surface area contributed by atoms with E-state index in [4.69, 9.17) is 5.84 Å². The summed E-state index contributed by atoms with van der Waals surface area (Å²) in [4.78, 5) is 16.2. The highest BCUT2D eigenvalue weighted by Gasteiger charge is 2.40. The van der Waals surface area contributed by atoms with Crippen molar-refractivity contribution in [3.05, 3.63) is 41.5 Å². The molecule has 0 spiro atoms. The van der Waals surface area contributed by atoms with Crippen LogP contribution < -0.4 is 5.84 Å². The van der Waals surface area contributed by atoms with Gasteiger partial charge in [0.1, 0.15) is 6.10 Å². The molecule has 1 aromatic rings. The van der Waals surface area contributed by atoms with E-state index in [9.17, 15) is 19.4 Å². The number of halogens is 1. The zero-order chi connectivity index (χ0) is 18.7. The van der Waals surface area contributed by atoms with Gasteiger partial charge in [0.2, 0.25) is 0 Å². The van der Waals surface area contributed by atoms with Crippen molar-refractivity contribution in [2.75, 3.05) is 6.61 Å². The summed E-state index contributed by atoms with van der Waals surface area (Å²) in [7, 11) is 0. The number of Topliss-reactive ketones (excluding diaryl/α,β-unsaturated/α-hetero) is 1. The number of aliphatic hydroxyl groups is 2. The van der Waals surface area contributed by atoms with Gasteiger partial charge in [-0.3, -0.25) is 9.78 Å². The van der Waals surface area contributed by atoms with Crippen molar-refractivity contribution in [1.82, 2.24) is 4.98 Å². The van der Waals surface area contributed by atoms with Crippen molar-refractivity contribution in [2.45, 2.75) is 32.8 Å². The number of pyridine rings is 1. The molecule has 4 N–H and O–H groups in total. The first-order chi connectivity index (χ1) is 11.8. The molecule has 3 unspecified atom stereocenters. The number of aliphatic hydroxyl groups excluding tert-OH is 2. The third-order valence-corrected chi connectivity index (χ3v) is 4.97. The third kappa shape index (κ3) is 3.77. The van der Waals surface area contributed by atoms with Crippen LogP contribution in [0.5, 0.6) is 0 Å². The number of nitrogens with two attached hydrogens (primary N) is 1. The van der Waals surface area contributed by atoms with Crippen molar-refractivity contribution in [2.24, 2.45) is 28.7 Å². The summed E-state index contributed by atoms with van der Waals surface area (Å²) in [6.07, 6.45) is 1.47. The number of nitrogens with zero attached hydrogens (tertiary/aromatic N) is 2. The monoisotopic (exact) mass is 349 g/mol. The van der Waals surface area contributed by atoms with Gasteiger partial charge >= 0.3 is 0 Å². The lowest BCUT2D eigenvalue weighted by molar-refractivity contribution is -0.121. The van der Waals surface area contributed by atoms with Gasteiger partial charge in [-0.1, -0.05) is 13.5 Å². The van der Waals surface area contributed by atoms with Gasteiger partial charge in [0.15, 0.2) is 11.6 Å². The van der Waals surface area contributed by atoms with E-state index in [0.29, 0.717) is 35.4 Å². The first-order valence-corrected chi connectivity index (χ1v) is 8.22. The summed E-state index contributed by atoms with van der Waals surface area (Å²) in [6, 6.07) is 1.61. The van der Waals surface area contributed by atoms with Crippen molar-refractivity contribution in [1.29, 1.82) is 0 Å². The van der Waals surface area contributed by atoms with E-state index in [2.05, 4.69) is 16.7 Å². The molecule has 1 aliphatic carbocycles. The Morgan fingerprint density at radius 2 is 2.24 bits per heavy atom. The standard InChI is InChI=1S/C18H24FN3O3/c1-9-6-12(7-14(9)18(25)10(2)19)17(22-20)16-11(3)21-5-4-13(16)15(24)8-23/h4-5,9,12,14-15,23-24H,2,6-8,20H2,1,3H3/b22-17-/t9?,12?,14?,15-/m1/s1. The number of carbonyl (C=O) groups excluding carboxylic acids is 1. The topological polar surface area (TPSA) is 109 Å². The van der Waals surface area contributed by atoms with Crippen LogP contribution in [0.4, 0.5) is 4.39 Å². The van der Waals surface area contributed by atoms with Crippen molar-refractivity contribution < 1.29 is 19.4 Å². The number of rotatable bonds is 6. The number of aryl methyl sites for hydroxylation is 1. The summed E-state index contributed by atoms with van der Waals surface area (Å²) in [5.74, 6) is 3.45. The fourth-order valence-corrected chi connectivity index (χ4v) is 3.71. The summed E-state index contributed by atoms with van der Waals surface area (Å²) in [5, 5.41) is 23.3. The molecular formula is C18H24FN3O3. The predicted octanol–water partition coefficient (Wildman–Crippen LogP) is 1.79. The number of hydrazone groups is 1. The van der Waals surface area contributed by atoms with E-state index < -0.39 is 30.2 Å². The molecule has 136 valence electrons. The molecule has 0 radical (unpaired) electrons. The maximum atomic E-state index is 13.3. The van der Waals surface area contributed by atoms with E-state index in [1.54, 1.807) is 13.0 Å². The molecule has 0 aromatic carbocycles. The normalized spacial score (nSPS) is 25.0. The van der Waals surface area contributed by atoms with Gasteiger partial charge in [0.25, 0.3) is 0 Å². The number of hydrogen-bond acceptors (Lipinski definition) is 6. The Morgan fingerprint density at radius 3 is 2.80 bits per heavy atom. The van der Waals surface area contributed by atoms with E-state index in [0.717, 1.165) is 0 Å². The Bertz CT molecular complexity index is 705. The zero-order valence-electron chi connectivity index (χ0n) is 14.4. The van der Waals surface area contributed by atoms with Crippen LogP contribution in [-0.4, -0.2) is 33.3 Å². The molecule has 0 saturated heterocycles. The number of hydrogen-bond donors (Lipinski definition) is 3. The minimum atomic E-state index is -1.09. The fraction of sp³-hybridized carbons (Fsp3) is 0.500. The van der Waals surface area contributed by atoms with E-state index in [1.165, 1.54) is 6.20 Å². The molecule has 1 fully saturated rings. The average Bonchev–Trinajstić information content (AvgIpc) is 2.96. The molecular weight excluding hydrogens is 325 g/mol. The van der Waals surface area contributed by atoms with Crippen LogP contribution >= 0.6 is 0 Å². The van der Waals surface area contributed by atoms with Gasteiger partial charge < -0.3 is 16.1 Å². The Kier molecular flexibility index (Phi) is 6.02. The molecule has 25 heavy (non-hydrogen) atoms. The Hall–Kier alpha value is -2.12. The predicted molar refractivity (Wildman–Crippen MR) is 92.4 cm³/mol. The lowest BCUT2D eigenvalue weighted by atomic mass is 9.88. The third-order valence-electron chi connectivity index (χ3n) is 4.97. The summed E-state index contributed by atoms with van der Waals surface area (Å²) >= 11 is 0. The maximum Gasteiger partial charge on any atom is 0.193 e. The quantitative estimate of drug-likeness (QED) is 0.314. The number of allylic oxidation sites excluding steroid dienone is 1. The second-order valence-electron chi connectivity index (χ2n) is 6.59. The molecule has 1 heterocycles. The first kappa shape index (κ1) is 19.2. The fourth-order valence-electron chi connectivity index (χ4n) is 3.71. The molecule has 0 aliphatic heterocycles. The maximum absolute atomic E-state index is 13.3. The largest absolute Gasteiger partial charge is 0.393 e. The highest BCUT2D eigenvalue weighted by atomic mass is 19.1. The van der Waals surface area contributed by atoms with Crippen LogP contribution in [0.25, 0.3) is 0 Å². The average molecular weight is 349 g/mol. The van der Waals surface area contributed by atoms with Crippen LogP contribution in [0.1, 0.15) is 42.7 Å². The highest BCUT2D eigenvalue weighted by molar-refractivity contribution is 6.05. The summed E-state index contributed by atoms with van der Waals surface area (Å²) in [6.45, 7) is 6.31. The van der Waals surface area contributed by atoms with E-state index in [1.807, 2.05) is 6.92 Å². The van der Waals surface area contributed by atoms with Gasteiger partial charge in [0, 0.05) is 29.3 Å². The van der Waals surface area contributed by atoms with Crippen LogP contribution in [0, 0.1) is 24.7 Å². The molecule has 1 saturated carbocycles. The Morgan fingerprint density at radius 1 is 1.56 bits per heavy atom. The minimum absolute atomic E-state index is 0.0371. The van der Waals surface area contributed by atoms with Gasteiger partial charge in [-0.15, -0.1) is 0 Å². The minimum Gasteiger partial charge on any atom is -0.393 e. The smallest absolute Gasteiger partial charge is 0.193 e. The van der Waals surface area contributed by atoms with Crippen LogP contribution in [0.2, 0.25) is 0 Å². The molecule has 1 aromatic heterocycles. The van der Waals surface area contributed by atoms with Crippen LogP contribution in [-0.2, 0) is 4.79 Å². The molecule has 0 bridgehead atoms. The van der Waals surface area contributed by atoms with E-state index >= 15 is 0 Å². The highest BCUT2D eigenvalue weighted by Crippen LogP contribution is 2.40. The van der Waals surface area contributed by atoms with Crippen LogP contribution in [0.15, 0.2) is 29.8 Å². The summed E-state index contributed by atoms with van der Waals surface area (Å²) in [5.41, 5.74) is 2.19. The zero-order valence-corrected chi connectivity index (χ0v) is 14.4. The van der Waals surface area contributed by atoms with Gasteiger partial charge in [-0.25, -0.2) is 4.39 Å². The number of ketones is 1. The molecule has 6 nitrogen and oxygen atoms in total. The molecule has 0 amide bonds. The summed E-state index contributed by atoms with van der Waals surface area (Å²) < 4.78 is 13.3. The SMILES string of the molecule is C=C(F)C(=O)C1CC(/C(=N/N)c2c([C@H](O)CO)ccnc2C)CC1C. The molecule has 4 atom stereocenters. The van der Waals surface area contributed by atoms with Gasteiger partial charge in [-0.05, 0) is 37.3 Å². The van der Waals surface area contributed by atoms with Crippen molar-refractivity contribution >= 4 is 11.5 Å². The van der Waals surface area contributed by atoms with E-state index in [-0.39, 0.29) is 11.8 Å². The molecule has 2 rings (SSSR count). The van der Waals surface area contributed by atoms with Gasteiger partial charge in [0.05, 0.1) is 12.3 Å². The molecule has 1 aliphatic rings. The van der Waals surface area contributed by atoms with Gasteiger partial charge in [-0.2, -0.15) is 5.10 Å². The number of aromatic nitrogens is 1. The lowest BCUT2D eigenvalue weighted by Crippen LogP contribution is -2.22. The first-order valence-electron chi connectivity index (χ1n) is 8.22. The lowest BCUT2D eigenvalue weighted by Gasteiger charge is -2.20. The second-order valence-corrected chi connectivity index (χ2v) is 6.59. The Balaban J connectivity index is 2.40. The number of carbonyl (C=O) groups is 1. The van der Waals surface area contributed by atoms with Crippen LogP contribution in [0.3, 0.4) is 0 Å². The molecule has 7 heteroatoms. The Labute approximate surface area is 146 Å². The van der Waals surface area contributed by atoms with Crippen molar-refractivity contribution in [3.8, 4) is 0 Å². The van der Waals surface area contributed by atoms with Crippen molar-refractivity contribution in [3.63, 3.8) is 0 Å².